The summed E-state index contributed by atoms with van der Waals surface area (Å²) in [4.78, 5) is 25.0. The molecule has 6 nitrogen and oxygen atoms in total. The third kappa shape index (κ3) is 4.03. The molecule has 1 aromatic heterocycles. The van der Waals surface area contributed by atoms with Gasteiger partial charge in [-0.15, -0.1) is 0 Å². The number of carbonyl (C=O) groups excluding carboxylic acids is 1. The van der Waals surface area contributed by atoms with E-state index >= 15 is 0 Å². The molecular formula is C20H18FN3O3. The van der Waals surface area contributed by atoms with Crippen molar-refractivity contribution in [3.05, 3.63) is 82.0 Å². The van der Waals surface area contributed by atoms with Crippen molar-refractivity contribution in [2.45, 2.75) is 13.3 Å². The lowest BCUT2D eigenvalue weighted by molar-refractivity contribution is 0.101. The Morgan fingerprint density at radius 2 is 1.81 bits per heavy atom. The van der Waals surface area contributed by atoms with E-state index in [4.69, 9.17) is 4.74 Å². The monoisotopic (exact) mass is 367 g/mol. The number of anilines is 1. The molecule has 0 saturated heterocycles. The number of rotatable bonds is 5. The Labute approximate surface area is 155 Å². The molecule has 0 aliphatic carbocycles. The Kier molecular flexibility index (Phi) is 5.30. The van der Waals surface area contributed by atoms with Crippen molar-refractivity contribution in [1.29, 1.82) is 0 Å². The van der Waals surface area contributed by atoms with Crippen molar-refractivity contribution in [3.8, 4) is 11.4 Å². The fourth-order valence-corrected chi connectivity index (χ4v) is 2.53. The molecule has 3 rings (SSSR count). The van der Waals surface area contributed by atoms with Crippen LogP contribution in [0.15, 0.2) is 59.4 Å². The summed E-state index contributed by atoms with van der Waals surface area (Å²) in [5.41, 5.74) is 1.53. The van der Waals surface area contributed by atoms with Crippen LogP contribution in [0.2, 0.25) is 0 Å². The highest BCUT2D eigenvalue weighted by Gasteiger charge is 2.18. The Morgan fingerprint density at radius 3 is 2.41 bits per heavy atom. The van der Waals surface area contributed by atoms with Gasteiger partial charge in [0.2, 0.25) is 0 Å². The smallest absolute Gasteiger partial charge is 0.279 e. The normalized spacial score (nSPS) is 10.5. The zero-order chi connectivity index (χ0) is 19.4. The van der Waals surface area contributed by atoms with Gasteiger partial charge < -0.3 is 10.1 Å². The fraction of sp³-hybridized carbons (Fsp3) is 0.150. The number of hydrogen-bond acceptors (Lipinski definition) is 4. The molecule has 0 aliphatic rings. The summed E-state index contributed by atoms with van der Waals surface area (Å²) in [6.45, 7) is 2.04. The molecule has 27 heavy (non-hydrogen) atoms. The highest BCUT2D eigenvalue weighted by Crippen LogP contribution is 2.17. The van der Waals surface area contributed by atoms with Gasteiger partial charge in [0.25, 0.3) is 11.5 Å². The van der Waals surface area contributed by atoms with Gasteiger partial charge in [0, 0.05) is 5.69 Å². The van der Waals surface area contributed by atoms with Crippen molar-refractivity contribution < 1.29 is 13.9 Å². The maximum atomic E-state index is 13.1. The first-order valence-electron chi connectivity index (χ1n) is 8.36. The Hall–Kier alpha value is -3.48. The zero-order valence-corrected chi connectivity index (χ0v) is 14.9. The van der Waals surface area contributed by atoms with Gasteiger partial charge in [-0.05, 0) is 48.4 Å². The molecule has 1 heterocycles. The maximum Gasteiger partial charge on any atom is 0.279 e. The van der Waals surface area contributed by atoms with Crippen LogP contribution in [0.1, 0.15) is 23.0 Å². The number of benzene rings is 2. The van der Waals surface area contributed by atoms with Crippen LogP contribution in [0.4, 0.5) is 10.1 Å². The highest BCUT2D eigenvalue weighted by atomic mass is 19.1. The van der Waals surface area contributed by atoms with E-state index in [1.54, 1.807) is 12.1 Å². The molecule has 0 aliphatic heterocycles. The highest BCUT2D eigenvalue weighted by molar-refractivity contribution is 6.04. The Morgan fingerprint density at radius 1 is 1.15 bits per heavy atom. The molecule has 0 spiro atoms. The summed E-state index contributed by atoms with van der Waals surface area (Å²) in [5.74, 6) is -0.901. The molecule has 7 heteroatoms. The van der Waals surface area contributed by atoms with Crippen LogP contribution < -0.4 is 15.6 Å². The van der Waals surface area contributed by atoms with E-state index in [1.807, 2.05) is 19.1 Å². The lowest BCUT2D eigenvalue weighted by atomic mass is 10.1. The minimum absolute atomic E-state index is 0.0546. The molecule has 0 atom stereocenters. The standard InChI is InChI=1S/C20H18FN3O3/c1-3-13-4-8-15(9-5-13)22-20(26)19-17(27-2)12-18(25)24(23-19)16-10-6-14(21)7-11-16/h4-12H,3H2,1-2H3,(H,22,26). The predicted octanol–water partition coefficient (Wildman–Crippen LogP) is 3.19. The number of halogens is 1. The number of aryl methyl sites for hydroxylation is 1. The van der Waals surface area contributed by atoms with Crippen LogP contribution >= 0.6 is 0 Å². The third-order valence-corrected chi connectivity index (χ3v) is 4.02. The second-order valence-electron chi connectivity index (χ2n) is 5.79. The molecular weight excluding hydrogens is 349 g/mol. The van der Waals surface area contributed by atoms with Crippen LogP contribution in [-0.2, 0) is 6.42 Å². The number of nitrogens with one attached hydrogen (secondary N) is 1. The number of amides is 1. The molecule has 1 amide bonds. The largest absolute Gasteiger partial charge is 0.494 e. The minimum Gasteiger partial charge on any atom is -0.494 e. The lowest BCUT2D eigenvalue weighted by Crippen LogP contribution is -2.26. The number of aromatic nitrogens is 2. The van der Waals surface area contributed by atoms with Gasteiger partial charge in [-0.1, -0.05) is 19.1 Å². The summed E-state index contributed by atoms with van der Waals surface area (Å²) < 4.78 is 19.3. The van der Waals surface area contributed by atoms with E-state index in [9.17, 15) is 14.0 Å². The quantitative estimate of drug-likeness (QED) is 0.752. The molecule has 0 radical (unpaired) electrons. The van der Waals surface area contributed by atoms with Crippen molar-refractivity contribution >= 4 is 11.6 Å². The number of methoxy groups -OCH3 is 1. The van der Waals surface area contributed by atoms with E-state index < -0.39 is 17.3 Å². The van der Waals surface area contributed by atoms with Crippen LogP contribution in [0.5, 0.6) is 5.75 Å². The van der Waals surface area contributed by atoms with Crippen LogP contribution in [0, 0.1) is 5.82 Å². The molecule has 0 saturated carbocycles. The van der Waals surface area contributed by atoms with Crippen molar-refractivity contribution in [3.63, 3.8) is 0 Å². The minimum atomic E-state index is -0.521. The van der Waals surface area contributed by atoms with Gasteiger partial charge in [0.05, 0.1) is 18.9 Å². The predicted molar refractivity (Wildman–Crippen MR) is 100 cm³/mol. The molecule has 1 N–H and O–H groups in total. The van der Waals surface area contributed by atoms with Gasteiger partial charge >= 0.3 is 0 Å². The summed E-state index contributed by atoms with van der Waals surface area (Å²) in [7, 11) is 1.35. The summed E-state index contributed by atoms with van der Waals surface area (Å²) >= 11 is 0. The van der Waals surface area contributed by atoms with Gasteiger partial charge in [-0.25, -0.2) is 4.39 Å². The van der Waals surface area contributed by atoms with E-state index in [-0.39, 0.29) is 11.4 Å². The van der Waals surface area contributed by atoms with E-state index in [0.717, 1.165) is 16.7 Å². The number of nitrogens with zero attached hydrogens (tertiary/aromatic N) is 2. The van der Waals surface area contributed by atoms with Crippen LogP contribution in [-0.4, -0.2) is 22.8 Å². The summed E-state index contributed by atoms with van der Waals surface area (Å²) in [5, 5.41) is 6.85. The van der Waals surface area contributed by atoms with E-state index in [0.29, 0.717) is 11.4 Å². The molecule has 0 unspecified atom stereocenters. The van der Waals surface area contributed by atoms with Gasteiger partial charge in [0.15, 0.2) is 11.4 Å². The first-order valence-corrected chi connectivity index (χ1v) is 8.36. The lowest BCUT2D eigenvalue weighted by Gasteiger charge is -2.11. The number of carbonyl (C=O) groups is 1. The molecule has 3 aromatic rings. The third-order valence-electron chi connectivity index (χ3n) is 4.02. The molecule has 2 aromatic carbocycles. The number of hydrogen-bond donors (Lipinski definition) is 1. The average molecular weight is 367 g/mol. The number of ether oxygens (including phenoxy) is 1. The van der Waals surface area contributed by atoms with Crippen molar-refractivity contribution in [2.75, 3.05) is 12.4 Å². The van der Waals surface area contributed by atoms with Gasteiger partial charge in [-0.2, -0.15) is 9.78 Å². The molecule has 0 fully saturated rings. The van der Waals surface area contributed by atoms with Crippen LogP contribution in [0.3, 0.4) is 0 Å². The summed E-state index contributed by atoms with van der Waals surface area (Å²) in [6, 6.07) is 13.8. The van der Waals surface area contributed by atoms with E-state index in [1.165, 1.54) is 37.4 Å². The van der Waals surface area contributed by atoms with Crippen molar-refractivity contribution in [1.82, 2.24) is 9.78 Å². The Bertz CT molecular complexity index is 1010. The first-order chi connectivity index (χ1) is 13.0. The van der Waals surface area contributed by atoms with Crippen molar-refractivity contribution in [2.24, 2.45) is 0 Å². The molecule has 0 bridgehead atoms. The second-order valence-corrected chi connectivity index (χ2v) is 5.79. The first kappa shape index (κ1) is 18.3. The average Bonchev–Trinajstić information content (AvgIpc) is 2.69. The maximum absolute atomic E-state index is 13.1. The molecule has 138 valence electrons. The Balaban J connectivity index is 1.97. The van der Waals surface area contributed by atoms with E-state index in [2.05, 4.69) is 10.4 Å². The fourth-order valence-electron chi connectivity index (χ4n) is 2.53. The summed E-state index contributed by atoms with van der Waals surface area (Å²) in [6.07, 6.45) is 0.895. The zero-order valence-electron chi connectivity index (χ0n) is 14.9. The topological polar surface area (TPSA) is 73.2 Å². The second kappa shape index (κ2) is 7.82. The van der Waals surface area contributed by atoms with Crippen LogP contribution in [0.25, 0.3) is 5.69 Å². The van der Waals surface area contributed by atoms with Gasteiger partial charge in [-0.3, -0.25) is 9.59 Å². The SMILES string of the molecule is CCc1ccc(NC(=O)c2nn(-c3ccc(F)cc3)c(=O)cc2OC)cc1. The van der Waals surface area contributed by atoms with Gasteiger partial charge in [0.1, 0.15) is 5.82 Å².